The van der Waals surface area contributed by atoms with Gasteiger partial charge in [0.2, 0.25) is 5.91 Å². The Balaban J connectivity index is 0.00000324. The van der Waals surface area contributed by atoms with Gasteiger partial charge >= 0.3 is 5.97 Å². The van der Waals surface area contributed by atoms with Crippen LogP contribution in [-0.2, 0) is 16.0 Å². The molecule has 1 rings (SSSR count). The molecular formula is C12H19ClN2O3S. The second-order valence-corrected chi connectivity index (χ2v) is 4.89. The van der Waals surface area contributed by atoms with Crippen molar-refractivity contribution in [2.24, 2.45) is 5.73 Å². The van der Waals surface area contributed by atoms with Crippen LogP contribution in [0.5, 0.6) is 0 Å². The molecule has 5 nitrogen and oxygen atoms in total. The van der Waals surface area contributed by atoms with Crippen LogP contribution < -0.4 is 11.1 Å². The zero-order valence-corrected chi connectivity index (χ0v) is 12.9. The zero-order valence-electron chi connectivity index (χ0n) is 11.2. The summed E-state index contributed by atoms with van der Waals surface area (Å²) in [6.45, 7) is 5.83. The predicted molar refractivity (Wildman–Crippen MR) is 79.3 cm³/mol. The summed E-state index contributed by atoms with van der Waals surface area (Å²) in [5.41, 5.74) is 6.64. The number of nitrogens with one attached hydrogen (secondary N) is 1. The molecule has 0 fully saturated rings. The first-order valence-corrected chi connectivity index (χ1v) is 6.66. The molecule has 19 heavy (non-hydrogen) atoms. The fraction of sp³-hybridized carbons (Fsp3) is 0.500. The van der Waals surface area contributed by atoms with Gasteiger partial charge < -0.3 is 15.8 Å². The van der Waals surface area contributed by atoms with E-state index in [1.165, 1.54) is 11.3 Å². The van der Waals surface area contributed by atoms with E-state index in [0.29, 0.717) is 17.2 Å². The number of carbonyl (C=O) groups excluding carboxylic acids is 2. The number of nitrogens with two attached hydrogens (primary N) is 1. The summed E-state index contributed by atoms with van der Waals surface area (Å²) in [6.07, 6.45) is 0.717. The fourth-order valence-electron chi connectivity index (χ4n) is 1.69. The number of rotatable bonds is 5. The van der Waals surface area contributed by atoms with Crippen LogP contribution in [0.1, 0.15) is 34.6 Å². The number of amides is 1. The smallest absolute Gasteiger partial charge is 0.341 e. The molecule has 108 valence electrons. The first-order chi connectivity index (χ1) is 8.54. The van der Waals surface area contributed by atoms with Gasteiger partial charge in [0.05, 0.1) is 18.7 Å². The van der Waals surface area contributed by atoms with E-state index < -0.39 is 5.97 Å². The zero-order chi connectivity index (χ0) is 13.7. The highest BCUT2D eigenvalue weighted by molar-refractivity contribution is 7.16. The van der Waals surface area contributed by atoms with Crippen molar-refractivity contribution >= 4 is 40.6 Å². The summed E-state index contributed by atoms with van der Waals surface area (Å²) in [5.74, 6) is -0.713. The molecule has 1 aromatic rings. The minimum absolute atomic E-state index is 0. The number of aryl methyl sites for hydroxylation is 1. The van der Waals surface area contributed by atoms with Gasteiger partial charge in [0.15, 0.2) is 0 Å². The molecule has 0 unspecified atom stereocenters. The maximum atomic E-state index is 11.9. The van der Waals surface area contributed by atoms with Crippen LogP contribution in [0.4, 0.5) is 5.00 Å². The fourth-order valence-corrected chi connectivity index (χ4v) is 2.84. The first kappa shape index (κ1) is 17.9. The molecule has 1 amide bonds. The van der Waals surface area contributed by atoms with Crippen LogP contribution in [0.25, 0.3) is 0 Å². The van der Waals surface area contributed by atoms with E-state index in [1.54, 1.807) is 6.92 Å². The Morgan fingerprint density at radius 1 is 1.37 bits per heavy atom. The van der Waals surface area contributed by atoms with Gasteiger partial charge in [0.25, 0.3) is 0 Å². The predicted octanol–water partition coefficient (Wildman–Crippen LogP) is 2.11. The number of hydrogen-bond donors (Lipinski definition) is 2. The Morgan fingerprint density at radius 3 is 2.47 bits per heavy atom. The largest absolute Gasteiger partial charge is 0.462 e. The molecule has 0 radical (unpaired) electrons. The van der Waals surface area contributed by atoms with Crippen molar-refractivity contribution in [1.82, 2.24) is 0 Å². The van der Waals surface area contributed by atoms with Gasteiger partial charge in [-0.05, 0) is 25.8 Å². The van der Waals surface area contributed by atoms with E-state index in [4.69, 9.17) is 10.5 Å². The number of carbonyl (C=O) groups is 2. The van der Waals surface area contributed by atoms with Crippen LogP contribution in [0, 0.1) is 6.92 Å². The molecular weight excluding hydrogens is 288 g/mol. The van der Waals surface area contributed by atoms with Gasteiger partial charge in [-0.1, -0.05) is 6.92 Å². The van der Waals surface area contributed by atoms with Crippen molar-refractivity contribution in [1.29, 1.82) is 0 Å². The summed E-state index contributed by atoms with van der Waals surface area (Å²) in [4.78, 5) is 24.3. The first-order valence-electron chi connectivity index (χ1n) is 5.84. The van der Waals surface area contributed by atoms with Crippen molar-refractivity contribution in [2.75, 3.05) is 18.5 Å². The van der Waals surface area contributed by atoms with E-state index >= 15 is 0 Å². The van der Waals surface area contributed by atoms with E-state index in [0.717, 1.165) is 16.9 Å². The van der Waals surface area contributed by atoms with E-state index in [9.17, 15) is 9.59 Å². The van der Waals surface area contributed by atoms with Crippen molar-refractivity contribution in [3.63, 3.8) is 0 Å². The molecule has 0 atom stereocenters. The van der Waals surface area contributed by atoms with Crippen LogP contribution >= 0.6 is 23.7 Å². The van der Waals surface area contributed by atoms with Crippen LogP contribution in [0.3, 0.4) is 0 Å². The maximum absolute atomic E-state index is 11.9. The standard InChI is InChI=1S/C12H18N2O3S.ClH/c1-4-8-7(3)18-11(14-9(15)6-13)10(8)12(16)17-5-2;/h4-6,13H2,1-3H3,(H,14,15);1H. The Bertz CT molecular complexity index is 460. The minimum Gasteiger partial charge on any atom is -0.462 e. The lowest BCUT2D eigenvalue weighted by Crippen LogP contribution is -2.22. The van der Waals surface area contributed by atoms with Crippen molar-refractivity contribution in [2.45, 2.75) is 27.2 Å². The average molecular weight is 307 g/mol. The molecule has 0 aliphatic heterocycles. The normalized spacial score (nSPS) is 9.68. The Kier molecular flexibility index (Phi) is 7.66. The summed E-state index contributed by atoms with van der Waals surface area (Å²) < 4.78 is 5.02. The third kappa shape index (κ3) is 4.19. The van der Waals surface area contributed by atoms with Crippen LogP contribution in [0.2, 0.25) is 0 Å². The number of anilines is 1. The third-order valence-electron chi connectivity index (χ3n) is 2.48. The Labute approximate surface area is 122 Å². The molecule has 0 saturated heterocycles. The third-order valence-corrected chi connectivity index (χ3v) is 3.54. The highest BCUT2D eigenvalue weighted by Crippen LogP contribution is 2.33. The number of hydrogen-bond acceptors (Lipinski definition) is 5. The number of halogens is 1. The molecule has 0 aliphatic carbocycles. The summed E-state index contributed by atoms with van der Waals surface area (Å²) in [7, 11) is 0. The summed E-state index contributed by atoms with van der Waals surface area (Å²) in [5, 5.41) is 3.17. The van der Waals surface area contributed by atoms with Crippen molar-refractivity contribution in [3.05, 3.63) is 16.0 Å². The van der Waals surface area contributed by atoms with E-state index in [1.807, 2.05) is 13.8 Å². The number of esters is 1. The van der Waals surface area contributed by atoms with E-state index in [-0.39, 0.29) is 24.9 Å². The van der Waals surface area contributed by atoms with Gasteiger partial charge in [-0.15, -0.1) is 23.7 Å². The van der Waals surface area contributed by atoms with Crippen LogP contribution in [0.15, 0.2) is 0 Å². The summed E-state index contributed by atoms with van der Waals surface area (Å²) in [6, 6.07) is 0. The van der Waals surface area contributed by atoms with Gasteiger partial charge in [0.1, 0.15) is 5.00 Å². The highest BCUT2D eigenvalue weighted by Gasteiger charge is 2.22. The summed E-state index contributed by atoms with van der Waals surface area (Å²) >= 11 is 1.38. The van der Waals surface area contributed by atoms with Crippen LogP contribution in [-0.4, -0.2) is 25.0 Å². The molecule has 0 saturated carbocycles. The molecule has 3 N–H and O–H groups in total. The quantitative estimate of drug-likeness (QED) is 0.816. The van der Waals surface area contributed by atoms with Crippen molar-refractivity contribution < 1.29 is 14.3 Å². The monoisotopic (exact) mass is 306 g/mol. The van der Waals surface area contributed by atoms with Gasteiger partial charge in [-0.2, -0.15) is 0 Å². The Hall–Kier alpha value is -1.11. The molecule has 1 aromatic heterocycles. The lowest BCUT2D eigenvalue weighted by Gasteiger charge is -2.07. The minimum atomic E-state index is -0.397. The molecule has 0 spiro atoms. The highest BCUT2D eigenvalue weighted by atomic mass is 35.5. The topological polar surface area (TPSA) is 81.4 Å². The van der Waals surface area contributed by atoms with Gasteiger partial charge in [-0.3, -0.25) is 4.79 Å². The number of thiophene rings is 1. The number of ether oxygens (including phenoxy) is 1. The second-order valence-electron chi connectivity index (χ2n) is 3.67. The molecule has 0 aromatic carbocycles. The van der Waals surface area contributed by atoms with E-state index in [2.05, 4.69) is 5.32 Å². The van der Waals surface area contributed by atoms with Gasteiger partial charge in [0, 0.05) is 4.88 Å². The maximum Gasteiger partial charge on any atom is 0.341 e. The lowest BCUT2D eigenvalue weighted by atomic mass is 10.1. The molecule has 1 heterocycles. The van der Waals surface area contributed by atoms with Crippen molar-refractivity contribution in [3.8, 4) is 0 Å². The molecule has 0 aliphatic rings. The molecule has 7 heteroatoms. The lowest BCUT2D eigenvalue weighted by molar-refractivity contribution is -0.114. The molecule has 0 bridgehead atoms. The second kappa shape index (κ2) is 8.14. The Morgan fingerprint density at radius 2 is 2.00 bits per heavy atom. The SMILES string of the molecule is CCOC(=O)c1c(NC(=O)CN)sc(C)c1CC.Cl. The average Bonchev–Trinajstić information content (AvgIpc) is 2.65. The van der Waals surface area contributed by atoms with Gasteiger partial charge in [-0.25, -0.2) is 4.79 Å².